The second-order valence-electron chi connectivity index (χ2n) is 6.22. The van der Waals surface area contributed by atoms with Crippen LogP contribution >= 0.6 is 0 Å². The molecule has 0 radical (unpaired) electrons. The molecule has 1 heteroatoms. The van der Waals surface area contributed by atoms with Crippen LogP contribution in [-0.2, 0) is 5.41 Å². The zero-order valence-corrected chi connectivity index (χ0v) is 11.3. The third kappa shape index (κ3) is 2.77. The van der Waals surface area contributed by atoms with E-state index in [0.29, 0.717) is 5.41 Å². The van der Waals surface area contributed by atoms with Gasteiger partial charge in [0.05, 0.1) is 0 Å². The SMILES string of the molecule is c1ccc(C2(CNC3CC3)CCCCCC2)cc1. The van der Waals surface area contributed by atoms with Gasteiger partial charge in [-0.25, -0.2) is 0 Å². The topological polar surface area (TPSA) is 12.0 Å². The van der Waals surface area contributed by atoms with Gasteiger partial charge in [0.15, 0.2) is 0 Å². The van der Waals surface area contributed by atoms with Crippen LogP contribution in [0.25, 0.3) is 0 Å². The summed E-state index contributed by atoms with van der Waals surface area (Å²) in [6, 6.07) is 12.1. The molecule has 0 spiro atoms. The highest BCUT2D eigenvalue weighted by Crippen LogP contribution is 2.38. The molecule has 0 bridgehead atoms. The van der Waals surface area contributed by atoms with Crippen molar-refractivity contribution in [2.75, 3.05) is 6.54 Å². The summed E-state index contributed by atoms with van der Waals surface area (Å²) < 4.78 is 0. The quantitative estimate of drug-likeness (QED) is 0.787. The molecule has 1 aromatic rings. The van der Waals surface area contributed by atoms with Crippen LogP contribution in [-0.4, -0.2) is 12.6 Å². The maximum absolute atomic E-state index is 3.79. The summed E-state index contributed by atoms with van der Waals surface area (Å²) in [6.45, 7) is 1.20. The molecule has 0 atom stereocenters. The summed E-state index contributed by atoms with van der Waals surface area (Å²) in [5, 5.41) is 3.79. The Morgan fingerprint density at radius 2 is 1.61 bits per heavy atom. The van der Waals surface area contributed by atoms with Gasteiger partial charge >= 0.3 is 0 Å². The molecule has 0 aromatic heterocycles. The zero-order valence-electron chi connectivity index (χ0n) is 11.3. The van der Waals surface area contributed by atoms with Crippen LogP contribution in [0.4, 0.5) is 0 Å². The van der Waals surface area contributed by atoms with Gasteiger partial charge in [-0.3, -0.25) is 0 Å². The molecule has 2 aliphatic carbocycles. The predicted molar refractivity (Wildman–Crippen MR) is 76.8 cm³/mol. The van der Waals surface area contributed by atoms with E-state index in [1.54, 1.807) is 5.56 Å². The van der Waals surface area contributed by atoms with Crippen molar-refractivity contribution in [2.24, 2.45) is 0 Å². The number of nitrogens with one attached hydrogen (secondary N) is 1. The van der Waals surface area contributed by atoms with Crippen LogP contribution in [0.1, 0.15) is 56.9 Å². The minimum atomic E-state index is 0.417. The van der Waals surface area contributed by atoms with Crippen LogP contribution in [0, 0.1) is 0 Å². The smallest absolute Gasteiger partial charge is 0.00778 e. The summed E-state index contributed by atoms with van der Waals surface area (Å²) >= 11 is 0. The predicted octanol–water partition coefficient (Wildman–Crippen LogP) is 4.03. The van der Waals surface area contributed by atoms with Crippen molar-refractivity contribution < 1.29 is 0 Å². The number of benzene rings is 1. The van der Waals surface area contributed by atoms with Gasteiger partial charge < -0.3 is 5.32 Å². The number of hydrogen-bond acceptors (Lipinski definition) is 1. The molecule has 18 heavy (non-hydrogen) atoms. The average Bonchev–Trinajstić information content (AvgIpc) is 3.25. The molecule has 2 aliphatic rings. The van der Waals surface area contributed by atoms with E-state index >= 15 is 0 Å². The molecule has 0 aliphatic heterocycles. The molecule has 1 aromatic carbocycles. The van der Waals surface area contributed by atoms with Crippen molar-refractivity contribution in [1.29, 1.82) is 0 Å². The molecule has 1 N–H and O–H groups in total. The second-order valence-corrected chi connectivity index (χ2v) is 6.22. The fourth-order valence-electron chi connectivity index (χ4n) is 3.39. The van der Waals surface area contributed by atoms with E-state index in [1.165, 1.54) is 57.9 Å². The van der Waals surface area contributed by atoms with Gasteiger partial charge in [-0.05, 0) is 31.2 Å². The molecule has 2 fully saturated rings. The van der Waals surface area contributed by atoms with Crippen molar-refractivity contribution >= 4 is 0 Å². The normalized spacial score (nSPS) is 23.6. The Labute approximate surface area is 111 Å². The summed E-state index contributed by atoms with van der Waals surface area (Å²) in [6.07, 6.45) is 11.2. The lowest BCUT2D eigenvalue weighted by Gasteiger charge is -2.34. The molecule has 98 valence electrons. The van der Waals surface area contributed by atoms with Crippen molar-refractivity contribution in [2.45, 2.75) is 62.8 Å². The monoisotopic (exact) mass is 243 g/mol. The summed E-state index contributed by atoms with van der Waals surface area (Å²) in [4.78, 5) is 0. The molecule has 3 rings (SSSR count). The molecular weight excluding hydrogens is 218 g/mol. The zero-order chi connectivity index (χ0) is 12.3. The lowest BCUT2D eigenvalue weighted by atomic mass is 9.74. The van der Waals surface area contributed by atoms with Gasteiger partial charge in [-0.2, -0.15) is 0 Å². The highest BCUT2D eigenvalue weighted by Gasteiger charge is 2.34. The Kier molecular flexibility index (Phi) is 3.69. The standard InChI is InChI=1S/C17H25N/c1-2-7-13-17(12-6-1,14-18-16-10-11-16)15-8-4-3-5-9-15/h3-5,8-9,16,18H,1-2,6-7,10-14H2. The minimum Gasteiger partial charge on any atom is -0.313 e. The highest BCUT2D eigenvalue weighted by molar-refractivity contribution is 5.26. The maximum atomic E-state index is 3.79. The summed E-state index contributed by atoms with van der Waals surface area (Å²) in [5.41, 5.74) is 1.99. The maximum Gasteiger partial charge on any atom is 0.00778 e. The molecule has 0 unspecified atom stereocenters. The molecule has 0 saturated heterocycles. The Balaban J connectivity index is 1.80. The first kappa shape index (κ1) is 12.2. The molecule has 0 amide bonds. The minimum absolute atomic E-state index is 0.417. The van der Waals surface area contributed by atoms with Crippen molar-refractivity contribution in [3.8, 4) is 0 Å². The van der Waals surface area contributed by atoms with E-state index in [-0.39, 0.29) is 0 Å². The molecule has 0 heterocycles. The Hall–Kier alpha value is -0.820. The van der Waals surface area contributed by atoms with E-state index in [9.17, 15) is 0 Å². The van der Waals surface area contributed by atoms with Crippen LogP contribution in [0.5, 0.6) is 0 Å². The van der Waals surface area contributed by atoms with Crippen LogP contribution in [0.3, 0.4) is 0 Å². The van der Waals surface area contributed by atoms with E-state index in [0.717, 1.165) is 6.04 Å². The van der Waals surface area contributed by atoms with Gasteiger partial charge in [0.1, 0.15) is 0 Å². The van der Waals surface area contributed by atoms with E-state index < -0.39 is 0 Å². The fourth-order valence-corrected chi connectivity index (χ4v) is 3.39. The van der Waals surface area contributed by atoms with E-state index in [1.807, 2.05) is 0 Å². The van der Waals surface area contributed by atoms with Crippen molar-refractivity contribution in [3.63, 3.8) is 0 Å². The van der Waals surface area contributed by atoms with Gasteiger partial charge in [0, 0.05) is 18.0 Å². The summed E-state index contributed by atoms with van der Waals surface area (Å²) in [7, 11) is 0. The average molecular weight is 243 g/mol. The van der Waals surface area contributed by atoms with Gasteiger partial charge in [-0.1, -0.05) is 56.0 Å². The van der Waals surface area contributed by atoms with E-state index in [2.05, 4.69) is 35.6 Å². The summed E-state index contributed by atoms with van der Waals surface area (Å²) in [5.74, 6) is 0. The van der Waals surface area contributed by atoms with Crippen molar-refractivity contribution in [3.05, 3.63) is 35.9 Å². The lowest BCUT2D eigenvalue weighted by molar-refractivity contribution is 0.346. The third-order valence-corrected chi connectivity index (χ3v) is 4.75. The van der Waals surface area contributed by atoms with Gasteiger partial charge in [-0.15, -0.1) is 0 Å². The van der Waals surface area contributed by atoms with Gasteiger partial charge in [0.2, 0.25) is 0 Å². The van der Waals surface area contributed by atoms with Crippen LogP contribution in [0.15, 0.2) is 30.3 Å². The number of rotatable bonds is 4. The Bertz CT molecular complexity index is 358. The van der Waals surface area contributed by atoms with Crippen LogP contribution in [0.2, 0.25) is 0 Å². The first-order chi connectivity index (χ1) is 8.89. The second kappa shape index (κ2) is 5.44. The Morgan fingerprint density at radius 3 is 2.22 bits per heavy atom. The fraction of sp³-hybridized carbons (Fsp3) is 0.647. The van der Waals surface area contributed by atoms with Crippen molar-refractivity contribution in [1.82, 2.24) is 5.32 Å². The highest BCUT2D eigenvalue weighted by atomic mass is 15.0. The first-order valence-corrected chi connectivity index (χ1v) is 7.68. The third-order valence-electron chi connectivity index (χ3n) is 4.75. The molecule has 1 nitrogen and oxygen atoms in total. The molecular formula is C17H25N. The number of hydrogen-bond donors (Lipinski definition) is 1. The van der Waals surface area contributed by atoms with E-state index in [4.69, 9.17) is 0 Å². The van der Waals surface area contributed by atoms with Crippen LogP contribution < -0.4 is 5.32 Å². The first-order valence-electron chi connectivity index (χ1n) is 7.68. The molecule has 2 saturated carbocycles. The lowest BCUT2D eigenvalue weighted by Crippen LogP contribution is -2.38. The van der Waals surface area contributed by atoms with Gasteiger partial charge in [0.25, 0.3) is 0 Å². The largest absolute Gasteiger partial charge is 0.313 e. The Morgan fingerprint density at radius 1 is 0.944 bits per heavy atom.